The van der Waals surface area contributed by atoms with Crippen molar-refractivity contribution in [2.45, 2.75) is 17.1 Å². The van der Waals surface area contributed by atoms with Crippen LogP contribution in [-0.2, 0) is 16.6 Å². The number of hydroxylamine groups is 3. The first kappa shape index (κ1) is 18.9. The van der Waals surface area contributed by atoms with Crippen molar-refractivity contribution in [3.63, 3.8) is 0 Å². The summed E-state index contributed by atoms with van der Waals surface area (Å²) in [4.78, 5) is 0.880. The maximum atomic E-state index is 12.7. The van der Waals surface area contributed by atoms with Gasteiger partial charge in [-0.3, -0.25) is 4.21 Å². The molecule has 1 aliphatic heterocycles. The molecular formula is C19H22ClNO2S. The third-order valence-corrected chi connectivity index (χ3v) is 5.45. The lowest BCUT2D eigenvalue weighted by atomic mass is 9.93. The first-order valence-electron chi connectivity index (χ1n) is 7.76. The number of benzene rings is 2. The summed E-state index contributed by atoms with van der Waals surface area (Å²) < 4.78 is 12.4. The second-order valence-electron chi connectivity index (χ2n) is 6.35. The van der Waals surface area contributed by atoms with Crippen LogP contribution in [0, 0.1) is 5.21 Å². The minimum atomic E-state index is -1.04. The Kier molecular flexibility index (Phi) is 5.99. The molecule has 2 aromatic carbocycles. The van der Waals surface area contributed by atoms with Crippen molar-refractivity contribution >= 4 is 28.8 Å². The van der Waals surface area contributed by atoms with Crippen molar-refractivity contribution in [2.24, 2.45) is 0 Å². The van der Waals surface area contributed by atoms with Gasteiger partial charge in [-0.1, -0.05) is 48.5 Å². The summed E-state index contributed by atoms with van der Waals surface area (Å²) in [5.41, 5.74) is 4.34. The fraction of sp³-hybridized carbons (Fsp3) is 0.263. The monoisotopic (exact) mass is 363 g/mol. The molecule has 3 nitrogen and oxygen atoms in total. The van der Waals surface area contributed by atoms with Crippen molar-refractivity contribution < 1.29 is 8.86 Å². The van der Waals surface area contributed by atoms with Gasteiger partial charge < -0.3 is 9.85 Å². The molecule has 0 saturated carbocycles. The summed E-state index contributed by atoms with van der Waals surface area (Å²) in [6.07, 6.45) is 2.82. The summed E-state index contributed by atoms with van der Waals surface area (Å²) in [5.74, 6) is 0.535. The fourth-order valence-corrected chi connectivity index (χ4v) is 4.24. The zero-order valence-corrected chi connectivity index (χ0v) is 15.5. The molecule has 1 heterocycles. The molecule has 1 unspecified atom stereocenters. The van der Waals surface area contributed by atoms with E-state index in [2.05, 4.69) is 12.1 Å². The van der Waals surface area contributed by atoms with Crippen LogP contribution < -0.4 is 0 Å². The Bertz CT molecular complexity index is 781. The van der Waals surface area contributed by atoms with Crippen LogP contribution in [0.1, 0.15) is 23.1 Å². The minimum absolute atomic E-state index is 0. The van der Waals surface area contributed by atoms with E-state index < -0.39 is 10.8 Å². The summed E-state index contributed by atoms with van der Waals surface area (Å²) in [6.45, 7) is 0.525. The van der Waals surface area contributed by atoms with Crippen LogP contribution in [-0.4, -0.2) is 29.5 Å². The topological polar surface area (TPSA) is 40.1 Å². The first-order valence-corrected chi connectivity index (χ1v) is 9.08. The quantitative estimate of drug-likeness (QED) is 0.607. The number of hydrogen-bond donors (Lipinski definition) is 0. The predicted molar refractivity (Wildman–Crippen MR) is 102 cm³/mol. The lowest BCUT2D eigenvalue weighted by Crippen LogP contribution is -2.32. The van der Waals surface area contributed by atoms with Gasteiger partial charge in [0.25, 0.3) is 0 Å². The standard InChI is InChI=1S/C19H21NO2S.ClH/c1-20(2,21)13-7-11-17-16-9-4-3-8-15(16)14-23(22)19-12-6-5-10-18(17)19;/h3-6,8-12H,7,13-14H2,1-2H3;1H/b17-11+;. The Hall–Kier alpha value is -1.46. The summed E-state index contributed by atoms with van der Waals surface area (Å²) >= 11 is 0. The number of nitrogens with zero attached hydrogens (tertiary/aromatic N) is 1. The van der Waals surface area contributed by atoms with E-state index in [4.69, 9.17) is 0 Å². The van der Waals surface area contributed by atoms with Crippen LogP contribution in [0.15, 0.2) is 59.5 Å². The Morgan fingerprint density at radius 2 is 1.71 bits per heavy atom. The van der Waals surface area contributed by atoms with Crippen molar-refractivity contribution in [3.8, 4) is 0 Å². The van der Waals surface area contributed by atoms with Gasteiger partial charge in [0.2, 0.25) is 0 Å². The molecule has 0 spiro atoms. The molecular weight excluding hydrogens is 342 g/mol. The first-order chi connectivity index (χ1) is 11.0. The maximum Gasteiger partial charge on any atom is 0.0815 e. The Balaban J connectivity index is 0.00000208. The van der Waals surface area contributed by atoms with Gasteiger partial charge in [-0.25, -0.2) is 0 Å². The van der Waals surface area contributed by atoms with Crippen molar-refractivity contribution in [2.75, 3.05) is 20.6 Å². The normalized spacial score (nSPS) is 18.3. The van der Waals surface area contributed by atoms with Gasteiger partial charge in [0.15, 0.2) is 0 Å². The Morgan fingerprint density at radius 3 is 2.42 bits per heavy atom. The molecule has 5 heteroatoms. The Morgan fingerprint density at radius 1 is 1.08 bits per heavy atom. The second kappa shape index (κ2) is 7.62. The van der Waals surface area contributed by atoms with E-state index >= 15 is 0 Å². The number of quaternary nitrogens is 1. The molecule has 128 valence electrons. The van der Waals surface area contributed by atoms with Gasteiger partial charge >= 0.3 is 0 Å². The highest BCUT2D eigenvalue weighted by Gasteiger charge is 2.21. The zero-order chi connectivity index (χ0) is 16.4. The molecule has 0 amide bonds. The summed E-state index contributed by atoms with van der Waals surface area (Å²) in [7, 11) is 2.27. The van der Waals surface area contributed by atoms with Crippen LogP contribution in [0.2, 0.25) is 0 Å². The molecule has 0 saturated heterocycles. The lowest BCUT2D eigenvalue weighted by molar-refractivity contribution is -0.839. The van der Waals surface area contributed by atoms with Crippen LogP contribution >= 0.6 is 12.4 Å². The Labute approximate surface area is 152 Å². The lowest BCUT2D eigenvalue weighted by Gasteiger charge is -2.33. The molecule has 0 bridgehead atoms. The van der Waals surface area contributed by atoms with E-state index in [9.17, 15) is 9.42 Å². The van der Waals surface area contributed by atoms with E-state index in [0.717, 1.165) is 27.2 Å². The summed E-state index contributed by atoms with van der Waals surface area (Å²) in [6, 6.07) is 16.0. The van der Waals surface area contributed by atoms with Gasteiger partial charge in [0.1, 0.15) is 0 Å². The van der Waals surface area contributed by atoms with E-state index in [0.29, 0.717) is 18.7 Å². The summed E-state index contributed by atoms with van der Waals surface area (Å²) in [5, 5.41) is 11.8. The van der Waals surface area contributed by atoms with Crippen LogP contribution in [0.3, 0.4) is 0 Å². The van der Waals surface area contributed by atoms with Gasteiger partial charge in [0.05, 0.1) is 37.2 Å². The van der Waals surface area contributed by atoms with Crippen LogP contribution in [0.4, 0.5) is 0 Å². The number of rotatable bonds is 3. The number of fused-ring (bicyclic) bond motifs is 2. The van der Waals surface area contributed by atoms with E-state index in [1.165, 1.54) is 0 Å². The second-order valence-corrected chi connectivity index (χ2v) is 7.77. The van der Waals surface area contributed by atoms with Crippen LogP contribution in [0.5, 0.6) is 0 Å². The highest BCUT2D eigenvalue weighted by Crippen LogP contribution is 2.35. The van der Waals surface area contributed by atoms with E-state index in [1.54, 1.807) is 14.1 Å². The average molecular weight is 364 g/mol. The molecule has 1 atom stereocenters. The predicted octanol–water partition coefficient (Wildman–Crippen LogP) is 4.13. The highest BCUT2D eigenvalue weighted by atomic mass is 35.5. The molecule has 0 aliphatic carbocycles. The number of hydrogen-bond acceptors (Lipinski definition) is 2. The molecule has 1 aliphatic rings. The van der Waals surface area contributed by atoms with E-state index in [-0.39, 0.29) is 17.1 Å². The highest BCUT2D eigenvalue weighted by molar-refractivity contribution is 7.84. The van der Waals surface area contributed by atoms with Gasteiger partial charge in [-0.2, -0.15) is 0 Å². The van der Waals surface area contributed by atoms with E-state index in [1.807, 2.05) is 42.5 Å². The molecule has 0 radical (unpaired) electrons. The van der Waals surface area contributed by atoms with Gasteiger partial charge in [-0.15, -0.1) is 12.4 Å². The third-order valence-electron chi connectivity index (χ3n) is 4.03. The molecule has 2 aromatic rings. The average Bonchev–Trinajstić information content (AvgIpc) is 2.62. The zero-order valence-electron chi connectivity index (χ0n) is 13.9. The molecule has 0 aromatic heterocycles. The smallest absolute Gasteiger partial charge is 0.0815 e. The van der Waals surface area contributed by atoms with Gasteiger partial charge in [-0.05, 0) is 28.3 Å². The fourth-order valence-electron chi connectivity index (χ4n) is 2.90. The minimum Gasteiger partial charge on any atom is -0.633 e. The molecule has 3 rings (SSSR count). The van der Waals surface area contributed by atoms with Crippen molar-refractivity contribution in [1.82, 2.24) is 0 Å². The maximum absolute atomic E-state index is 12.7. The van der Waals surface area contributed by atoms with Crippen molar-refractivity contribution in [1.29, 1.82) is 0 Å². The SMILES string of the molecule is C[N+](C)([O-])CC/C=C1\c2ccccc2CS(=O)c2ccccc21.Cl. The molecule has 0 N–H and O–H groups in total. The van der Waals surface area contributed by atoms with Crippen molar-refractivity contribution in [3.05, 3.63) is 76.5 Å². The number of halogens is 1. The van der Waals surface area contributed by atoms with Gasteiger partial charge in [0, 0.05) is 11.3 Å². The van der Waals surface area contributed by atoms with Crippen LogP contribution in [0.25, 0.3) is 5.57 Å². The third kappa shape index (κ3) is 4.14. The molecule has 24 heavy (non-hydrogen) atoms. The largest absolute Gasteiger partial charge is 0.633 e. The molecule has 0 fully saturated rings.